The molecule has 19 heavy (non-hydrogen) atoms. The van der Waals surface area contributed by atoms with Crippen LogP contribution in [0, 0.1) is 11.8 Å². The first-order valence-electron chi connectivity index (χ1n) is 6.73. The number of rotatable bonds is 4. The summed E-state index contributed by atoms with van der Waals surface area (Å²) in [7, 11) is 0. The lowest BCUT2D eigenvalue weighted by molar-refractivity contribution is -0.137. The van der Waals surface area contributed by atoms with Crippen molar-refractivity contribution in [3.05, 3.63) is 35.4 Å². The van der Waals surface area contributed by atoms with E-state index in [1.165, 1.54) is 37.8 Å². The van der Waals surface area contributed by atoms with Crippen molar-refractivity contribution < 1.29 is 13.2 Å². The highest BCUT2D eigenvalue weighted by atomic mass is 79.9. The van der Waals surface area contributed by atoms with Crippen molar-refractivity contribution in [2.24, 2.45) is 11.8 Å². The van der Waals surface area contributed by atoms with Crippen molar-refractivity contribution in [3.63, 3.8) is 0 Å². The van der Waals surface area contributed by atoms with Gasteiger partial charge in [-0.25, -0.2) is 0 Å². The molecule has 0 bridgehead atoms. The van der Waals surface area contributed by atoms with Crippen molar-refractivity contribution in [2.45, 2.75) is 38.3 Å². The SMILES string of the molecule is FC(F)(F)c1cccc(CC(CBr)C2CCCC2)c1. The summed E-state index contributed by atoms with van der Waals surface area (Å²) in [6.45, 7) is 0. The van der Waals surface area contributed by atoms with Gasteiger partial charge >= 0.3 is 6.18 Å². The lowest BCUT2D eigenvalue weighted by Crippen LogP contribution is -2.16. The van der Waals surface area contributed by atoms with Gasteiger partial charge in [-0.2, -0.15) is 13.2 Å². The summed E-state index contributed by atoms with van der Waals surface area (Å²) in [6.07, 6.45) is 1.45. The summed E-state index contributed by atoms with van der Waals surface area (Å²) < 4.78 is 38.0. The van der Waals surface area contributed by atoms with E-state index in [0.717, 1.165) is 23.4 Å². The number of hydrogen-bond acceptors (Lipinski definition) is 0. The molecule has 1 fully saturated rings. The molecule has 1 atom stereocenters. The molecule has 0 saturated heterocycles. The third-order valence-electron chi connectivity index (χ3n) is 4.02. The van der Waals surface area contributed by atoms with Gasteiger partial charge in [0.2, 0.25) is 0 Å². The van der Waals surface area contributed by atoms with Gasteiger partial charge in [-0.15, -0.1) is 0 Å². The normalized spacial score (nSPS) is 18.7. The Balaban J connectivity index is 2.09. The van der Waals surface area contributed by atoms with Gasteiger partial charge in [-0.1, -0.05) is 59.8 Å². The number of hydrogen-bond donors (Lipinski definition) is 0. The third-order valence-corrected chi connectivity index (χ3v) is 4.85. The Kier molecular flexibility index (Phi) is 4.93. The Morgan fingerprint density at radius 1 is 1.21 bits per heavy atom. The maximum atomic E-state index is 12.7. The van der Waals surface area contributed by atoms with Gasteiger partial charge in [-0.05, 0) is 29.9 Å². The first kappa shape index (κ1) is 14.9. The van der Waals surface area contributed by atoms with Crippen molar-refractivity contribution in [1.82, 2.24) is 0 Å². The third kappa shape index (κ3) is 3.98. The first-order chi connectivity index (χ1) is 9.00. The zero-order valence-corrected chi connectivity index (χ0v) is 12.3. The Labute approximate surface area is 120 Å². The fourth-order valence-electron chi connectivity index (χ4n) is 2.95. The highest BCUT2D eigenvalue weighted by Gasteiger charge is 2.31. The average Bonchev–Trinajstić information content (AvgIpc) is 2.89. The molecule has 4 heteroatoms. The predicted octanol–water partition coefficient (Wildman–Crippen LogP) is 5.45. The van der Waals surface area contributed by atoms with Crippen LogP contribution >= 0.6 is 15.9 Å². The van der Waals surface area contributed by atoms with Crippen molar-refractivity contribution >= 4 is 15.9 Å². The van der Waals surface area contributed by atoms with Crippen LogP contribution in [0.15, 0.2) is 24.3 Å². The lowest BCUT2D eigenvalue weighted by atomic mass is 9.87. The lowest BCUT2D eigenvalue weighted by Gasteiger charge is -2.21. The van der Waals surface area contributed by atoms with E-state index >= 15 is 0 Å². The summed E-state index contributed by atoms with van der Waals surface area (Å²) in [5, 5.41) is 0.869. The summed E-state index contributed by atoms with van der Waals surface area (Å²) >= 11 is 3.52. The van der Waals surface area contributed by atoms with E-state index in [-0.39, 0.29) is 0 Å². The minimum absolute atomic E-state index is 0.450. The van der Waals surface area contributed by atoms with Crippen LogP contribution in [-0.4, -0.2) is 5.33 Å². The minimum Gasteiger partial charge on any atom is -0.166 e. The minimum atomic E-state index is -4.24. The molecule has 1 aromatic carbocycles. The Bertz CT molecular complexity index is 408. The van der Waals surface area contributed by atoms with Gasteiger partial charge in [0.15, 0.2) is 0 Å². The molecule has 0 spiro atoms. The fraction of sp³-hybridized carbons (Fsp3) is 0.600. The molecule has 2 rings (SSSR count). The number of benzene rings is 1. The van der Waals surface area contributed by atoms with Crippen molar-refractivity contribution in [3.8, 4) is 0 Å². The van der Waals surface area contributed by atoms with Crippen LogP contribution in [0.3, 0.4) is 0 Å². The molecular formula is C15H18BrF3. The van der Waals surface area contributed by atoms with Gasteiger partial charge in [0.25, 0.3) is 0 Å². The maximum Gasteiger partial charge on any atom is 0.416 e. The summed E-state index contributed by atoms with van der Waals surface area (Å²) in [5.41, 5.74) is 0.260. The Morgan fingerprint density at radius 2 is 1.89 bits per heavy atom. The van der Waals surface area contributed by atoms with Crippen LogP contribution in [0.4, 0.5) is 13.2 Å². The molecular weight excluding hydrogens is 317 g/mol. The van der Waals surface area contributed by atoms with Crippen molar-refractivity contribution in [1.29, 1.82) is 0 Å². The van der Waals surface area contributed by atoms with Crippen LogP contribution in [0.2, 0.25) is 0 Å². The van der Waals surface area contributed by atoms with Crippen LogP contribution in [0.1, 0.15) is 36.8 Å². The van der Waals surface area contributed by atoms with Gasteiger partial charge < -0.3 is 0 Å². The van der Waals surface area contributed by atoms with E-state index in [0.29, 0.717) is 11.8 Å². The highest BCUT2D eigenvalue weighted by Crippen LogP contribution is 2.35. The highest BCUT2D eigenvalue weighted by molar-refractivity contribution is 9.09. The second-order valence-corrected chi connectivity index (χ2v) is 6.01. The van der Waals surface area contributed by atoms with Crippen LogP contribution in [0.25, 0.3) is 0 Å². The summed E-state index contributed by atoms with van der Waals surface area (Å²) in [6, 6.07) is 5.75. The van der Waals surface area contributed by atoms with Gasteiger partial charge in [0.1, 0.15) is 0 Å². The molecule has 0 N–H and O–H groups in total. The van der Waals surface area contributed by atoms with Gasteiger partial charge in [0, 0.05) is 5.33 Å². The van der Waals surface area contributed by atoms with Crippen LogP contribution < -0.4 is 0 Å². The zero-order valence-electron chi connectivity index (χ0n) is 10.7. The Morgan fingerprint density at radius 3 is 2.47 bits per heavy atom. The van der Waals surface area contributed by atoms with E-state index in [2.05, 4.69) is 15.9 Å². The fourth-order valence-corrected chi connectivity index (χ4v) is 3.71. The van der Waals surface area contributed by atoms with E-state index in [9.17, 15) is 13.2 Å². The number of halogens is 4. The number of alkyl halides is 4. The summed E-state index contributed by atoms with van der Waals surface area (Å²) in [4.78, 5) is 0. The van der Waals surface area contributed by atoms with E-state index in [1.54, 1.807) is 6.07 Å². The second-order valence-electron chi connectivity index (χ2n) is 5.36. The zero-order chi connectivity index (χ0) is 13.9. The largest absolute Gasteiger partial charge is 0.416 e. The van der Waals surface area contributed by atoms with E-state index in [1.807, 2.05) is 0 Å². The quantitative estimate of drug-likeness (QED) is 0.642. The standard InChI is InChI=1S/C15H18BrF3/c16-10-13(12-5-1-2-6-12)8-11-4-3-7-14(9-11)15(17,18)19/h3-4,7,9,12-13H,1-2,5-6,8,10H2. The molecule has 0 amide bonds. The predicted molar refractivity (Wildman–Crippen MR) is 74.4 cm³/mol. The molecule has 0 nitrogen and oxygen atoms in total. The molecule has 0 aliphatic heterocycles. The first-order valence-corrected chi connectivity index (χ1v) is 7.85. The molecule has 1 aromatic rings. The molecule has 0 aromatic heterocycles. The van der Waals surface area contributed by atoms with E-state index in [4.69, 9.17) is 0 Å². The molecule has 0 heterocycles. The second kappa shape index (κ2) is 6.29. The molecule has 1 aliphatic rings. The average molecular weight is 335 g/mol. The maximum absolute atomic E-state index is 12.7. The molecule has 0 radical (unpaired) electrons. The van der Waals surface area contributed by atoms with Crippen molar-refractivity contribution in [2.75, 3.05) is 5.33 Å². The molecule has 106 valence electrons. The van der Waals surface area contributed by atoms with Gasteiger partial charge in [-0.3, -0.25) is 0 Å². The van der Waals surface area contributed by atoms with Gasteiger partial charge in [0.05, 0.1) is 5.56 Å². The van der Waals surface area contributed by atoms with Crippen LogP contribution in [0.5, 0.6) is 0 Å². The monoisotopic (exact) mass is 334 g/mol. The smallest absolute Gasteiger partial charge is 0.166 e. The molecule has 1 unspecified atom stereocenters. The topological polar surface area (TPSA) is 0 Å². The molecule has 1 aliphatic carbocycles. The Hall–Kier alpha value is -0.510. The van der Waals surface area contributed by atoms with E-state index < -0.39 is 11.7 Å². The molecule has 1 saturated carbocycles. The summed E-state index contributed by atoms with van der Waals surface area (Å²) in [5.74, 6) is 1.11. The van der Waals surface area contributed by atoms with Crippen LogP contribution in [-0.2, 0) is 12.6 Å².